The minimum atomic E-state index is -0.0298. The van der Waals surface area contributed by atoms with Crippen molar-refractivity contribution in [1.29, 1.82) is 0 Å². The molecule has 3 heteroatoms. The topological polar surface area (TPSA) is 41.5 Å². The van der Waals surface area contributed by atoms with Crippen LogP contribution in [0.1, 0.15) is 34.1 Å². The summed E-state index contributed by atoms with van der Waals surface area (Å²) in [4.78, 5) is 10.9. The third kappa shape index (κ3) is 4.53. The van der Waals surface area contributed by atoms with Gasteiger partial charge in [-0.3, -0.25) is 4.79 Å². The lowest BCUT2D eigenvalue weighted by atomic mass is 10.2. The first-order chi connectivity index (χ1) is 5.07. The number of carbonyl (C=O) groups is 1. The van der Waals surface area contributed by atoms with Crippen LogP contribution in [0.5, 0.6) is 0 Å². The van der Waals surface area contributed by atoms with Gasteiger partial charge in [-0.25, -0.2) is 5.43 Å². The summed E-state index contributed by atoms with van der Waals surface area (Å²) in [5.41, 5.74) is 3.43. The highest BCUT2D eigenvalue weighted by Crippen LogP contribution is 1.90. The van der Waals surface area contributed by atoms with E-state index >= 15 is 0 Å². The van der Waals surface area contributed by atoms with Crippen LogP contribution in [-0.4, -0.2) is 11.6 Å². The number of rotatable bonds is 3. The SMILES string of the molecule is CCC(C)=NNC(=O)C(C)C. The summed E-state index contributed by atoms with van der Waals surface area (Å²) in [7, 11) is 0. The molecule has 0 aliphatic carbocycles. The number of hydrogen-bond acceptors (Lipinski definition) is 2. The van der Waals surface area contributed by atoms with E-state index in [1.54, 1.807) is 0 Å². The van der Waals surface area contributed by atoms with Crippen molar-refractivity contribution < 1.29 is 4.79 Å². The summed E-state index contributed by atoms with van der Waals surface area (Å²) in [6, 6.07) is 0. The molecule has 0 aliphatic rings. The molecule has 0 radical (unpaired) electrons. The quantitative estimate of drug-likeness (QED) is 0.489. The van der Waals surface area contributed by atoms with E-state index in [2.05, 4.69) is 10.5 Å². The van der Waals surface area contributed by atoms with Gasteiger partial charge >= 0.3 is 0 Å². The Balaban J connectivity index is 3.78. The van der Waals surface area contributed by atoms with Gasteiger partial charge in [0.25, 0.3) is 0 Å². The van der Waals surface area contributed by atoms with Gasteiger partial charge in [0, 0.05) is 11.6 Å². The molecule has 1 amide bonds. The Labute approximate surface area is 67.9 Å². The van der Waals surface area contributed by atoms with E-state index in [0.29, 0.717) is 0 Å². The van der Waals surface area contributed by atoms with E-state index in [-0.39, 0.29) is 11.8 Å². The maximum Gasteiger partial charge on any atom is 0.242 e. The fourth-order valence-corrected chi connectivity index (χ4v) is 0.359. The lowest BCUT2D eigenvalue weighted by Gasteiger charge is -2.02. The predicted octanol–water partition coefficient (Wildman–Crippen LogP) is 1.54. The first-order valence-electron chi connectivity index (χ1n) is 3.91. The second-order valence-corrected chi connectivity index (χ2v) is 2.83. The maximum absolute atomic E-state index is 10.9. The second kappa shape index (κ2) is 4.88. The van der Waals surface area contributed by atoms with Gasteiger partial charge in [0.2, 0.25) is 5.91 Å². The van der Waals surface area contributed by atoms with Gasteiger partial charge in [-0.15, -0.1) is 0 Å². The van der Waals surface area contributed by atoms with Gasteiger partial charge in [0.15, 0.2) is 0 Å². The third-order valence-corrected chi connectivity index (χ3v) is 1.39. The fraction of sp³-hybridized carbons (Fsp3) is 0.750. The molecule has 0 aliphatic heterocycles. The molecule has 0 spiro atoms. The third-order valence-electron chi connectivity index (χ3n) is 1.39. The Morgan fingerprint density at radius 2 is 2.09 bits per heavy atom. The molecule has 64 valence electrons. The van der Waals surface area contributed by atoms with Gasteiger partial charge in [-0.1, -0.05) is 20.8 Å². The molecule has 1 N–H and O–H groups in total. The minimum Gasteiger partial charge on any atom is -0.273 e. The van der Waals surface area contributed by atoms with Crippen LogP contribution in [-0.2, 0) is 4.79 Å². The minimum absolute atomic E-state index is 0.00315. The van der Waals surface area contributed by atoms with Gasteiger partial charge in [0.1, 0.15) is 0 Å². The van der Waals surface area contributed by atoms with Crippen LogP contribution >= 0.6 is 0 Å². The molecule has 0 heterocycles. The molecule has 0 saturated carbocycles. The van der Waals surface area contributed by atoms with Crippen LogP contribution in [0.2, 0.25) is 0 Å². The summed E-state index contributed by atoms with van der Waals surface area (Å²) >= 11 is 0. The fourth-order valence-electron chi connectivity index (χ4n) is 0.359. The summed E-state index contributed by atoms with van der Waals surface area (Å²) in [6.45, 7) is 7.57. The Morgan fingerprint density at radius 3 is 2.45 bits per heavy atom. The highest BCUT2D eigenvalue weighted by atomic mass is 16.2. The van der Waals surface area contributed by atoms with Gasteiger partial charge in [0.05, 0.1) is 0 Å². The molecule has 0 saturated heterocycles. The molecule has 0 aromatic heterocycles. The van der Waals surface area contributed by atoms with Crippen molar-refractivity contribution >= 4 is 11.6 Å². The Morgan fingerprint density at radius 1 is 1.55 bits per heavy atom. The van der Waals surface area contributed by atoms with Crippen molar-refractivity contribution in [3.05, 3.63) is 0 Å². The maximum atomic E-state index is 10.9. The molecule has 0 rings (SSSR count). The standard InChI is InChI=1S/C8H16N2O/c1-5-7(4)9-10-8(11)6(2)3/h6H,5H2,1-4H3,(H,10,11). The highest BCUT2D eigenvalue weighted by Gasteiger charge is 2.03. The molecule has 0 unspecified atom stereocenters. The predicted molar refractivity (Wildman–Crippen MR) is 46.4 cm³/mol. The molecular weight excluding hydrogens is 140 g/mol. The highest BCUT2D eigenvalue weighted by molar-refractivity contribution is 5.84. The Bertz CT molecular complexity index is 161. The van der Waals surface area contributed by atoms with Gasteiger partial charge < -0.3 is 0 Å². The number of hydrogen-bond donors (Lipinski definition) is 1. The van der Waals surface area contributed by atoms with E-state index in [1.807, 2.05) is 27.7 Å². The van der Waals surface area contributed by atoms with Crippen molar-refractivity contribution in [2.24, 2.45) is 11.0 Å². The van der Waals surface area contributed by atoms with E-state index < -0.39 is 0 Å². The lowest BCUT2D eigenvalue weighted by molar-refractivity contribution is -0.123. The van der Waals surface area contributed by atoms with Gasteiger partial charge in [-0.05, 0) is 13.3 Å². The molecular formula is C8H16N2O. The van der Waals surface area contributed by atoms with Crippen molar-refractivity contribution in [2.75, 3.05) is 0 Å². The van der Waals surface area contributed by atoms with E-state index in [4.69, 9.17) is 0 Å². The number of hydrazone groups is 1. The summed E-state index contributed by atoms with van der Waals surface area (Å²) in [6.07, 6.45) is 0.873. The van der Waals surface area contributed by atoms with Crippen LogP contribution in [0.25, 0.3) is 0 Å². The summed E-state index contributed by atoms with van der Waals surface area (Å²) in [5.74, 6) is -0.0267. The normalized spacial score (nSPS) is 11.9. The van der Waals surface area contributed by atoms with Crippen LogP contribution in [0.4, 0.5) is 0 Å². The van der Waals surface area contributed by atoms with Crippen molar-refractivity contribution in [3.63, 3.8) is 0 Å². The molecule has 0 fully saturated rings. The number of carbonyl (C=O) groups excluding carboxylic acids is 1. The van der Waals surface area contributed by atoms with Crippen LogP contribution in [0.15, 0.2) is 5.10 Å². The van der Waals surface area contributed by atoms with Crippen molar-refractivity contribution in [3.8, 4) is 0 Å². The second-order valence-electron chi connectivity index (χ2n) is 2.83. The number of nitrogens with zero attached hydrogens (tertiary/aromatic N) is 1. The smallest absolute Gasteiger partial charge is 0.242 e. The van der Waals surface area contributed by atoms with Gasteiger partial charge in [-0.2, -0.15) is 5.10 Å². The monoisotopic (exact) mass is 156 g/mol. The zero-order chi connectivity index (χ0) is 8.85. The first kappa shape index (κ1) is 10.1. The van der Waals surface area contributed by atoms with Crippen LogP contribution in [0.3, 0.4) is 0 Å². The molecule has 3 nitrogen and oxygen atoms in total. The van der Waals surface area contributed by atoms with E-state index in [0.717, 1.165) is 12.1 Å². The van der Waals surface area contributed by atoms with E-state index in [9.17, 15) is 4.79 Å². The first-order valence-corrected chi connectivity index (χ1v) is 3.91. The number of nitrogens with one attached hydrogen (secondary N) is 1. The molecule has 11 heavy (non-hydrogen) atoms. The van der Waals surface area contributed by atoms with Crippen LogP contribution < -0.4 is 5.43 Å². The Hall–Kier alpha value is -0.860. The Kier molecular flexibility index (Phi) is 4.50. The molecule has 0 bridgehead atoms. The number of amides is 1. The zero-order valence-corrected chi connectivity index (χ0v) is 7.64. The molecule has 0 aromatic carbocycles. The van der Waals surface area contributed by atoms with Crippen molar-refractivity contribution in [2.45, 2.75) is 34.1 Å². The average Bonchev–Trinajstić information content (AvgIpc) is 1.99. The average molecular weight is 156 g/mol. The largest absolute Gasteiger partial charge is 0.273 e. The van der Waals surface area contributed by atoms with Crippen molar-refractivity contribution in [1.82, 2.24) is 5.43 Å². The molecule has 0 aromatic rings. The van der Waals surface area contributed by atoms with E-state index in [1.165, 1.54) is 0 Å². The summed E-state index contributed by atoms with van der Waals surface area (Å²) < 4.78 is 0. The molecule has 0 atom stereocenters. The lowest BCUT2D eigenvalue weighted by Crippen LogP contribution is -2.23. The van der Waals surface area contributed by atoms with Crippen LogP contribution in [0, 0.1) is 5.92 Å². The summed E-state index contributed by atoms with van der Waals surface area (Å²) in [5, 5.41) is 3.88. The zero-order valence-electron chi connectivity index (χ0n) is 7.64.